The lowest BCUT2D eigenvalue weighted by atomic mass is 10.1. The highest BCUT2D eigenvalue weighted by atomic mass is 16.2. The van der Waals surface area contributed by atoms with Gasteiger partial charge < -0.3 is 15.1 Å². The summed E-state index contributed by atoms with van der Waals surface area (Å²) in [6, 6.07) is 13.4. The first-order chi connectivity index (χ1) is 18.4. The third kappa shape index (κ3) is 5.62. The van der Waals surface area contributed by atoms with Crippen LogP contribution in [-0.4, -0.2) is 83.4 Å². The minimum Gasteiger partial charge on any atom is -0.368 e. The van der Waals surface area contributed by atoms with E-state index < -0.39 is 0 Å². The van der Waals surface area contributed by atoms with Gasteiger partial charge in [0.2, 0.25) is 11.8 Å². The van der Waals surface area contributed by atoms with Crippen LogP contribution in [0.3, 0.4) is 0 Å². The number of fused-ring (bicyclic) bond motifs is 1. The number of aromatic nitrogens is 2. The van der Waals surface area contributed by atoms with Gasteiger partial charge in [0.15, 0.2) is 5.78 Å². The van der Waals surface area contributed by atoms with Crippen LogP contribution in [0, 0.1) is 5.92 Å². The van der Waals surface area contributed by atoms with Gasteiger partial charge in [-0.2, -0.15) is 5.10 Å². The molecule has 2 saturated heterocycles. The van der Waals surface area contributed by atoms with Crippen LogP contribution in [0.25, 0.3) is 17.0 Å². The quantitative estimate of drug-likeness (QED) is 0.469. The van der Waals surface area contributed by atoms with Crippen molar-refractivity contribution in [3.05, 3.63) is 59.8 Å². The number of carbonyl (C=O) groups excluding carboxylic acids is 3. The molecule has 2 fully saturated rings. The number of benzene rings is 2. The maximum atomic E-state index is 13.0. The van der Waals surface area contributed by atoms with Crippen LogP contribution in [0.4, 0.5) is 11.4 Å². The Morgan fingerprint density at radius 3 is 2.53 bits per heavy atom. The number of anilines is 2. The number of H-pyrrole nitrogens is 1. The van der Waals surface area contributed by atoms with E-state index in [1.807, 2.05) is 66.4 Å². The van der Waals surface area contributed by atoms with Crippen LogP contribution in [-0.2, 0) is 9.59 Å². The van der Waals surface area contributed by atoms with Gasteiger partial charge in [-0.1, -0.05) is 6.08 Å². The number of aromatic amines is 1. The molecule has 1 atom stereocenters. The fraction of sp³-hybridized carbons (Fsp3) is 0.379. The first kappa shape index (κ1) is 25.7. The molecule has 5 rings (SSSR count). The zero-order chi connectivity index (χ0) is 26.6. The van der Waals surface area contributed by atoms with Gasteiger partial charge in [-0.05, 0) is 75.4 Å². The Morgan fingerprint density at radius 2 is 1.82 bits per heavy atom. The topological polar surface area (TPSA) is 102 Å². The summed E-state index contributed by atoms with van der Waals surface area (Å²) < 4.78 is 0. The largest absolute Gasteiger partial charge is 0.368 e. The fourth-order valence-corrected chi connectivity index (χ4v) is 5.24. The van der Waals surface area contributed by atoms with Crippen molar-refractivity contribution in [2.75, 3.05) is 56.0 Å². The Balaban J connectivity index is 1.10. The summed E-state index contributed by atoms with van der Waals surface area (Å²) in [6.07, 6.45) is 4.61. The second-order valence-electron chi connectivity index (χ2n) is 10.1. The summed E-state index contributed by atoms with van der Waals surface area (Å²) in [5, 5.41) is 11.3. The van der Waals surface area contributed by atoms with Gasteiger partial charge in [-0.3, -0.25) is 24.4 Å². The molecule has 2 aliphatic rings. The predicted octanol–water partition coefficient (Wildman–Crippen LogP) is 3.41. The van der Waals surface area contributed by atoms with E-state index in [2.05, 4.69) is 25.3 Å². The number of allylic oxidation sites excluding steroid dienone is 1. The lowest BCUT2D eigenvalue weighted by Gasteiger charge is -2.36. The van der Waals surface area contributed by atoms with E-state index in [1.54, 1.807) is 6.92 Å². The number of piperazine rings is 1. The lowest BCUT2D eigenvalue weighted by Crippen LogP contribution is -2.51. The van der Waals surface area contributed by atoms with E-state index in [4.69, 9.17) is 0 Å². The number of nitrogens with one attached hydrogen (secondary N) is 2. The molecule has 0 aliphatic carbocycles. The van der Waals surface area contributed by atoms with Crippen molar-refractivity contribution in [3.8, 4) is 0 Å². The molecule has 198 valence electrons. The smallest absolute Gasteiger partial charge is 0.236 e. The highest BCUT2D eigenvalue weighted by Crippen LogP contribution is 2.24. The van der Waals surface area contributed by atoms with Crippen LogP contribution in [0.2, 0.25) is 0 Å². The van der Waals surface area contributed by atoms with Crippen LogP contribution in [0.5, 0.6) is 0 Å². The molecular weight excluding hydrogens is 480 g/mol. The molecule has 9 nitrogen and oxygen atoms in total. The number of carbonyl (C=O) groups is 3. The van der Waals surface area contributed by atoms with E-state index in [9.17, 15) is 14.4 Å². The average molecular weight is 515 g/mol. The van der Waals surface area contributed by atoms with E-state index in [0.717, 1.165) is 54.0 Å². The van der Waals surface area contributed by atoms with E-state index in [1.165, 1.54) is 0 Å². The number of likely N-dealkylation sites (tertiary alicyclic amines) is 1. The maximum absolute atomic E-state index is 13.0. The number of hydrogen-bond acceptors (Lipinski definition) is 6. The molecular formula is C29H34N6O3. The number of nitrogens with zero attached hydrogens (tertiary/aromatic N) is 4. The summed E-state index contributed by atoms with van der Waals surface area (Å²) in [4.78, 5) is 43.7. The van der Waals surface area contributed by atoms with Gasteiger partial charge >= 0.3 is 0 Å². The number of amides is 2. The van der Waals surface area contributed by atoms with Gasteiger partial charge in [-0.15, -0.1) is 0 Å². The van der Waals surface area contributed by atoms with Gasteiger partial charge in [0.1, 0.15) is 0 Å². The highest BCUT2D eigenvalue weighted by Gasteiger charge is 2.31. The highest BCUT2D eigenvalue weighted by molar-refractivity contribution is 5.97. The van der Waals surface area contributed by atoms with Crippen molar-refractivity contribution in [1.29, 1.82) is 0 Å². The SMILES string of the molecule is C/C=C\c1n[nH]c2ccc(NC(=O)[C@@H]3CCN(CC(=O)N4CCN(c5ccc(C(C)=O)cc5)CC4)C3)cc12. The van der Waals surface area contributed by atoms with Gasteiger partial charge in [0.05, 0.1) is 23.7 Å². The van der Waals surface area contributed by atoms with Crippen LogP contribution < -0.4 is 10.2 Å². The number of rotatable bonds is 7. The van der Waals surface area contributed by atoms with E-state index in [-0.39, 0.29) is 23.5 Å². The maximum Gasteiger partial charge on any atom is 0.236 e. The first-order valence-electron chi connectivity index (χ1n) is 13.2. The standard InChI is InChI=1S/C29H34N6O3/c1-3-4-26-25-17-23(7-10-27(25)32-31-26)30-29(38)22-11-12-33(18-22)19-28(37)35-15-13-34(14-16-35)24-8-5-21(6-9-24)20(2)36/h3-10,17,22H,11-16,18-19H2,1-2H3,(H,30,38)(H,31,32)/b4-3-/t22-/m1/s1. The molecule has 3 aromatic rings. The van der Waals surface area contributed by atoms with Gasteiger partial charge in [0, 0.05) is 55.0 Å². The monoisotopic (exact) mass is 514 g/mol. The molecule has 0 radical (unpaired) electrons. The molecule has 0 saturated carbocycles. The van der Waals surface area contributed by atoms with Crippen molar-refractivity contribution in [2.24, 2.45) is 5.92 Å². The molecule has 9 heteroatoms. The minimum atomic E-state index is -0.146. The molecule has 2 aliphatic heterocycles. The summed E-state index contributed by atoms with van der Waals surface area (Å²) in [7, 11) is 0. The van der Waals surface area contributed by atoms with Crippen molar-refractivity contribution in [1.82, 2.24) is 20.0 Å². The van der Waals surface area contributed by atoms with E-state index in [0.29, 0.717) is 31.7 Å². The van der Waals surface area contributed by atoms with Crippen molar-refractivity contribution in [2.45, 2.75) is 20.3 Å². The number of Topliss-reactive ketones (excluding diaryl/α,β-unsaturated/α-hetero) is 1. The summed E-state index contributed by atoms with van der Waals surface area (Å²) >= 11 is 0. The fourth-order valence-electron chi connectivity index (χ4n) is 5.24. The number of hydrogen-bond donors (Lipinski definition) is 2. The first-order valence-corrected chi connectivity index (χ1v) is 13.2. The second-order valence-corrected chi connectivity index (χ2v) is 10.1. The summed E-state index contributed by atoms with van der Waals surface area (Å²) in [5.74, 6) is 0.00929. The third-order valence-electron chi connectivity index (χ3n) is 7.46. The molecule has 1 aromatic heterocycles. The molecule has 0 bridgehead atoms. The minimum absolute atomic E-state index is 0.0141. The molecule has 2 aromatic carbocycles. The molecule has 2 amide bonds. The Kier molecular flexibility index (Phi) is 7.55. The van der Waals surface area contributed by atoms with Crippen molar-refractivity contribution >= 4 is 46.0 Å². The molecule has 0 spiro atoms. The Hall–Kier alpha value is -3.98. The average Bonchev–Trinajstić information content (AvgIpc) is 3.56. The number of ketones is 1. The van der Waals surface area contributed by atoms with E-state index >= 15 is 0 Å². The summed E-state index contributed by atoms with van der Waals surface area (Å²) in [6.45, 7) is 8.01. The summed E-state index contributed by atoms with van der Waals surface area (Å²) in [5.41, 5.74) is 4.29. The zero-order valence-corrected chi connectivity index (χ0v) is 21.9. The van der Waals surface area contributed by atoms with Gasteiger partial charge in [-0.25, -0.2) is 0 Å². The Morgan fingerprint density at radius 1 is 1.05 bits per heavy atom. The molecule has 2 N–H and O–H groups in total. The zero-order valence-electron chi connectivity index (χ0n) is 21.9. The third-order valence-corrected chi connectivity index (χ3v) is 7.46. The molecule has 0 unspecified atom stereocenters. The van der Waals surface area contributed by atoms with Gasteiger partial charge in [0.25, 0.3) is 0 Å². The van der Waals surface area contributed by atoms with Crippen LogP contribution >= 0.6 is 0 Å². The van der Waals surface area contributed by atoms with Crippen LogP contribution in [0.1, 0.15) is 36.3 Å². The molecule has 3 heterocycles. The second kappa shape index (κ2) is 11.2. The normalized spacial score (nSPS) is 18.4. The molecule has 38 heavy (non-hydrogen) atoms. The Bertz CT molecular complexity index is 1350. The van der Waals surface area contributed by atoms with Crippen LogP contribution in [0.15, 0.2) is 48.5 Å². The Labute approximate surface area is 222 Å². The predicted molar refractivity (Wildman–Crippen MR) is 149 cm³/mol. The van der Waals surface area contributed by atoms with Crippen molar-refractivity contribution < 1.29 is 14.4 Å². The van der Waals surface area contributed by atoms with Crippen molar-refractivity contribution in [3.63, 3.8) is 0 Å². The lowest BCUT2D eigenvalue weighted by molar-refractivity contribution is -0.132.